The van der Waals surface area contributed by atoms with E-state index in [0.29, 0.717) is 5.17 Å². The van der Waals surface area contributed by atoms with E-state index in [4.69, 9.17) is 5.11 Å². The Morgan fingerprint density at radius 1 is 1.91 bits per heavy atom. The number of amides is 1. The lowest BCUT2D eigenvalue weighted by Crippen LogP contribution is -2.52. The number of aliphatic imine (C=N–C) groups is 1. The van der Waals surface area contributed by atoms with Crippen molar-refractivity contribution in [1.82, 2.24) is 10.4 Å². The van der Waals surface area contributed by atoms with E-state index in [1.54, 1.807) is 7.05 Å². The quantitative estimate of drug-likeness (QED) is 0.501. The zero-order valence-electron chi connectivity index (χ0n) is 5.94. The number of carbonyl (C=O) groups excluding carboxylic acids is 1. The molecule has 0 fully saturated rings. The van der Waals surface area contributed by atoms with Crippen molar-refractivity contribution in [2.24, 2.45) is 4.99 Å². The molecule has 0 bridgehead atoms. The smallest absolute Gasteiger partial charge is 0.293 e. The Bertz CT molecular complexity index is 206. The molecule has 1 radical (unpaired) electrons. The molecule has 1 heterocycles. The Kier molecular flexibility index (Phi) is 2.48. The zero-order valence-corrected chi connectivity index (χ0v) is 6.76. The predicted octanol–water partition coefficient (Wildman–Crippen LogP) is -0.838. The molecule has 0 aromatic heterocycles. The molecule has 11 heavy (non-hydrogen) atoms. The number of rotatable bonds is 0. The summed E-state index contributed by atoms with van der Waals surface area (Å²) in [5.74, 6) is -0.589. The van der Waals surface area contributed by atoms with Crippen LogP contribution >= 0.6 is 11.8 Å². The Labute approximate surface area is 68.4 Å². The molecule has 0 aliphatic carbocycles. The summed E-state index contributed by atoms with van der Waals surface area (Å²) in [6.45, 7) is 0. The highest BCUT2D eigenvalue weighted by Crippen LogP contribution is 2.07. The Hall–Kier alpha value is -0.590. The lowest BCUT2D eigenvalue weighted by molar-refractivity contribution is -0.130. The van der Waals surface area contributed by atoms with Gasteiger partial charge >= 0.3 is 0 Å². The lowest BCUT2D eigenvalue weighted by atomic mass is 10.5. The number of thioether (sulfide) groups is 1. The third-order valence-electron chi connectivity index (χ3n) is 1.17. The minimum atomic E-state index is -1.23. The van der Waals surface area contributed by atoms with E-state index in [1.807, 2.05) is 0 Å². The van der Waals surface area contributed by atoms with E-state index in [1.165, 1.54) is 5.01 Å². The maximum Gasteiger partial charge on any atom is 0.293 e. The molecule has 1 aliphatic rings. The second-order valence-corrected chi connectivity index (χ2v) is 2.62. The van der Waals surface area contributed by atoms with Gasteiger partial charge in [-0.05, 0) is 0 Å². The van der Waals surface area contributed by atoms with Crippen LogP contribution in [-0.2, 0) is 4.79 Å². The first-order valence-corrected chi connectivity index (χ1v) is 3.86. The third kappa shape index (κ3) is 1.70. The molecule has 5 nitrogen and oxygen atoms in total. The van der Waals surface area contributed by atoms with Crippen LogP contribution in [0, 0.1) is 6.26 Å². The second-order valence-electron chi connectivity index (χ2n) is 1.97. The van der Waals surface area contributed by atoms with Crippen LogP contribution in [0.25, 0.3) is 0 Å². The summed E-state index contributed by atoms with van der Waals surface area (Å²) < 4.78 is 0. The first-order valence-electron chi connectivity index (χ1n) is 2.87. The number of carbonyl (C=O) groups is 1. The molecule has 0 spiro atoms. The number of aliphatic hydroxyl groups excluding tert-OH is 1. The largest absolute Gasteiger partial charge is 0.369 e. The van der Waals surface area contributed by atoms with E-state index in [0.717, 1.165) is 11.8 Å². The van der Waals surface area contributed by atoms with E-state index >= 15 is 0 Å². The van der Waals surface area contributed by atoms with Crippen molar-refractivity contribution in [2.75, 3.05) is 7.05 Å². The van der Waals surface area contributed by atoms with Crippen LogP contribution < -0.4 is 5.43 Å². The van der Waals surface area contributed by atoms with Crippen LogP contribution in [0.15, 0.2) is 4.99 Å². The van der Waals surface area contributed by atoms with Crippen molar-refractivity contribution in [3.8, 4) is 0 Å². The molecule has 61 valence electrons. The second kappa shape index (κ2) is 3.21. The van der Waals surface area contributed by atoms with Gasteiger partial charge in [0.2, 0.25) is 6.23 Å². The molecular formula is C5H8N3O2S. The fourth-order valence-electron chi connectivity index (χ4n) is 0.653. The van der Waals surface area contributed by atoms with Crippen molar-refractivity contribution in [3.63, 3.8) is 0 Å². The van der Waals surface area contributed by atoms with Crippen LogP contribution in [0.2, 0.25) is 0 Å². The maximum atomic E-state index is 10.7. The molecule has 1 unspecified atom stereocenters. The molecule has 0 aromatic rings. The number of aliphatic hydroxyl groups is 1. The maximum absolute atomic E-state index is 10.7. The Morgan fingerprint density at radius 2 is 2.55 bits per heavy atom. The molecule has 1 aliphatic heterocycles. The van der Waals surface area contributed by atoms with Crippen LogP contribution in [0.3, 0.4) is 0 Å². The van der Waals surface area contributed by atoms with Gasteiger partial charge in [0.15, 0.2) is 5.17 Å². The van der Waals surface area contributed by atoms with Gasteiger partial charge in [-0.3, -0.25) is 9.80 Å². The number of amidine groups is 1. The zero-order chi connectivity index (χ0) is 8.43. The van der Waals surface area contributed by atoms with E-state index < -0.39 is 12.1 Å². The molecule has 0 saturated carbocycles. The van der Waals surface area contributed by atoms with Gasteiger partial charge in [-0.1, -0.05) is 11.8 Å². The fraction of sp³-hybridized carbons (Fsp3) is 0.400. The van der Waals surface area contributed by atoms with E-state index in [9.17, 15) is 4.79 Å². The van der Waals surface area contributed by atoms with Gasteiger partial charge in [-0.15, -0.1) is 0 Å². The van der Waals surface area contributed by atoms with Crippen LogP contribution in [0.5, 0.6) is 0 Å². The van der Waals surface area contributed by atoms with Crippen molar-refractivity contribution >= 4 is 22.8 Å². The summed E-state index contributed by atoms with van der Waals surface area (Å²) in [7, 11) is 1.65. The van der Waals surface area contributed by atoms with Crippen molar-refractivity contribution in [2.45, 2.75) is 6.23 Å². The minimum absolute atomic E-state index is 0.445. The number of hydrazine groups is 1. The van der Waals surface area contributed by atoms with Gasteiger partial charge in [-0.25, -0.2) is 0 Å². The number of hydrogen-bond acceptors (Lipinski definition) is 5. The van der Waals surface area contributed by atoms with Gasteiger partial charge in [0.1, 0.15) is 0 Å². The van der Waals surface area contributed by atoms with Crippen LogP contribution in [0.4, 0.5) is 0 Å². The molecule has 1 rings (SSSR count). The highest BCUT2D eigenvalue weighted by molar-refractivity contribution is 8.14. The Balaban J connectivity index is 2.79. The summed E-state index contributed by atoms with van der Waals surface area (Å²) in [5, 5.41) is 10.8. The monoisotopic (exact) mass is 174 g/mol. The number of nitrogens with one attached hydrogen (secondary N) is 1. The lowest BCUT2D eigenvalue weighted by Gasteiger charge is -2.26. The third-order valence-corrected chi connectivity index (χ3v) is 1.80. The van der Waals surface area contributed by atoms with Crippen molar-refractivity contribution in [1.29, 1.82) is 0 Å². The van der Waals surface area contributed by atoms with Crippen molar-refractivity contribution < 1.29 is 9.90 Å². The summed E-state index contributed by atoms with van der Waals surface area (Å²) >= 11 is 1.09. The topological polar surface area (TPSA) is 64.9 Å². The Morgan fingerprint density at radius 3 is 3.09 bits per heavy atom. The first kappa shape index (κ1) is 8.51. The highest BCUT2D eigenvalue weighted by Gasteiger charge is 2.23. The van der Waals surface area contributed by atoms with Crippen molar-refractivity contribution in [3.05, 3.63) is 6.26 Å². The molecular weight excluding hydrogens is 166 g/mol. The van der Waals surface area contributed by atoms with Gasteiger partial charge in [0.05, 0.1) is 0 Å². The SMILES string of the molecule is [CH2]SC1=NC(=O)C(O)NN1C. The van der Waals surface area contributed by atoms with Crippen LogP contribution in [0.1, 0.15) is 0 Å². The van der Waals surface area contributed by atoms with Crippen LogP contribution in [-0.4, -0.2) is 34.5 Å². The fourth-order valence-corrected chi connectivity index (χ4v) is 1.05. The average Bonchev–Trinajstić information content (AvgIpc) is 1.97. The molecule has 1 amide bonds. The molecule has 0 aromatic carbocycles. The minimum Gasteiger partial charge on any atom is -0.369 e. The normalized spacial score (nSPS) is 25.4. The van der Waals surface area contributed by atoms with Gasteiger partial charge < -0.3 is 5.11 Å². The highest BCUT2D eigenvalue weighted by atomic mass is 32.2. The standard InChI is InChI=1S/C5H8N3O2S/c1-8-5(11-2)6-3(9)4(10)7-8/h4,7,10H,2H2,1H3. The first-order chi connectivity index (χ1) is 5.15. The van der Waals surface area contributed by atoms with Gasteiger partial charge in [0, 0.05) is 13.3 Å². The average molecular weight is 174 g/mol. The predicted molar refractivity (Wildman–Crippen MR) is 42.3 cm³/mol. The number of nitrogens with zero attached hydrogens (tertiary/aromatic N) is 2. The van der Waals surface area contributed by atoms with Gasteiger partial charge in [-0.2, -0.15) is 10.4 Å². The van der Waals surface area contributed by atoms with Gasteiger partial charge in [0.25, 0.3) is 5.91 Å². The van der Waals surface area contributed by atoms with E-state index in [2.05, 4.69) is 16.7 Å². The molecule has 6 heteroatoms. The van der Waals surface area contributed by atoms with E-state index in [-0.39, 0.29) is 0 Å². The summed E-state index contributed by atoms with van der Waals surface area (Å²) in [5.41, 5.74) is 2.48. The summed E-state index contributed by atoms with van der Waals surface area (Å²) in [6.07, 6.45) is 2.26. The molecule has 0 saturated heterocycles. The number of hydrogen-bond donors (Lipinski definition) is 2. The molecule has 1 atom stereocenters. The summed E-state index contributed by atoms with van der Waals surface area (Å²) in [4.78, 5) is 14.3. The summed E-state index contributed by atoms with van der Waals surface area (Å²) in [6, 6.07) is 0. The molecule has 2 N–H and O–H groups in total.